The smallest absolute Gasteiger partial charge is 0.267 e. The average molecular weight is 336 g/mol. The topological polar surface area (TPSA) is 64.8 Å². The van der Waals surface area contributed by atoms with Crippen molar-refractivity contribution in [2.45, 2.75) is 47.6 Å². The summed E-state index contributed by atoms with van der Waals surface area (Å²) in [5.74, 6) is 1.75. The Morgan fingerprint density at radius 1 is 1.27 bits per heavy atom. The molecule has 1 atom stereocenters. The van der Waals surface area contributed by atoms with Crippen LogP contribution in [0.5, 0.6) is 0 Å². The summed E-state index contributed by atoms with van der Waals surface area (Å²) in [6, 6.07) is 0.690. The molecule has 0 saturated carbocycles. The Morgan fingerprint density at radius 2 is 1.68 bits per heavy atom. The monoisotopic (exact) mass is 336 g/mol. The second kappa shape index (κ2) is 9.66. The molecule has 1 rings (SSSR count). The van der Waals surface area contributed by atoms with Gasteiger partial charge in [-0.15, -0.1) is 0 Å². The fraction of sp³-hybridized carbons (Fsp3) is 0.933. The Hall–Kier alpha value is -0.420. The number of hydrogen-bond donors (Lipinski definition) is 0. The van der Waals surface area contributed by atoms with E-state index in [1.165, 1.54) is 12.4 Å². The first-order valence-electron chi connectivity index (χ1n) is 7.84. The Morgan fingerprint density at radius 3 is 1.86 bits per heavy atom. The lowest BCUT2D eigenvalue weighted by Crippen LogP contribution is -2.28. The van der Waals surface area contributed by atoms with Gasteiger partial charge in [-0.05, 0) is 18.8 Å². The minimum Gasteiger partial charge on any atom is -0.756 e. The van der Waals surface area contributed by atoms with Gasteiger partial charge in [0.25, 0.3) is 7.82 Å². The van der Waals surface area contributed by atoms with Crippen LogP contribution < -0.4 is 4.89 Å². The van der Waals surface area contributed by atoms with Crippen LogP contribution in [0.4, 0.5) is 0 Å². The van der Waals surface area contributed by atoms with E-state index in [1.807, 2.05) is 27.7 Å². The van der Waals surface area contributed by atoms with Crippen molar-refractivity contribution in [3.63, 3.8) is 0 Å². The van der Waals surface area contributed by atoms with Crippen molar-refractivity contribution in [1.82, 2.24) is 4.90 Å². The zero-order valence-electron chi connectivity index (χ0n) is 15.3. The predicted molar refractivity (Wildman–Crippen MR) is 88.1 cm³/mol. The normalized spacial score (nSPS) is 19.0. The molecule has 0 aromatic heterocycles. The summed E-state index contributed by atoms with van der Waals surface area (Å²) in [4.78, 5) is 13.3. The summed E-state index contributed by atoms with van der Waals surface area (Å²) in [5, 5.41) is 0. The summed E-state index contributed by atoms with van der Waals surface area (Å²) in [6.45, 7) is 13.4. The highest BCUT2D eigenvalue weighted by Crippen LogP contribution is 2.38. The Kier molecular flexibility index (Phi) is 9.47. The van der Waals surface area contributed by atoms with Crippen LogP contribution >= 0.6 is 7.82 Å². The van der Waals surface area contributed by atoms with Crippen molar-refractivity contribution >= 4 is 13.7 Å². The van der Waals surface area contributed by atoms with E-state index in [1.54, 1.807) is 0 Å². The summed E-state index contributed by atoms with van der Waals surface area (Å²) in [6.07, 6.45) is 0. The van der Waals surface area contributed by atoms with Crippen LogP contribution in [0.15, 0.2) is 0 Å². The summed E-state index contributed by atoms with van der Waals surface area (Å²) < 4.78 is 22.5. The number of phosphoric acid groups is 1. The molecule has 0 radical (unpaired) electrons. The Balaban J connectivity index is 0.000000425. The van der Waals surface area contributed by atoms with Gasteiger partial charge < -0.3 is 13.9 Å². The highest BCUT2D eigenvalue weighted by atomic mass is 31.2. The molecule has 1 heterocycles. The number of phosphoric ester groups is 1. The molecular weight excluding hydrogens is 303 g/mol. The molecule has 0 aromatic rings. The van der Waals surface area contributed by atoms with Crippen LogP contribution in [0, 0.1) is 11.8 Å². The van der Waals surface area contributed by atoms with Gasteiger partial charge in [-0.2, -0.15) is 0 Å². The van der Waals surface area contributed by atoms with Crippen LogP contribution in [0.1, 0.15) is 41.5 Å². The largest absolute Gasteiger partial charge is 0.756 e. The molecule has 7 heteroatoms. The van der Waals surface area contributed by atoms with Gasteiger partial charge in [0.05, 0.1) is 27.3 Å². The van der Waals surface area contributed by atoms with Crippen molar-refractivity contribution in [2.75, 3.05) is 33.9 Å². The van der Waals surface area contributed by atoms with E-state index < -0.39 is 7.82 Å². The fourth-order valence-electron chi connectivity index (χ4n) is 1.76. The maximum atomic E-state index is 11.0. The Bertz CT molecular complexity index is 394. The van der Waals surface area contributed by atoms with Crippen LogP contribution in [0.2, 0.25) is 0 Å². The minimum atomic E-state index is -4.05. The molecule has 0 spiro atoms. The van der Waals surface area contributed by atoms with Crippen LogP contribution in [0.25, 0.3) is 0 Å². The fourth-order valence-corrected chi connectivity index (χ4v) is 2.79. The number of rotatable bonds is 6. The maximum Gasteiger partial charge on any atom is 0.267 e. The van der Waals surface area contributed by atoms with Crippen LogP contribution in [-0.4, -0.2) is 55.2 Å². The lowest BCUT2D eigenvalue weighted by atomic mass is 10.2. The minimum absolute atomic E-state index is 0.179. The third-order valence-electron chi connectivity index (χ3n) is 3.39. The number of nitrogens with zero attached hydrogens (tertiary/aromatic N) is 2. The number of likely N-dealkylation sites (N-methyl/N-ethyl adjacent to an activating group) is 2. The molecule has 1 unspecified atom stereocenters. The van der Waals surface area contributed by atoms with E-state index in [-0.39, 0.29) is 25.0 Å². The highest BCUT2D eigenvalue weighted by molar-refractivity contribution is 7.45. The lowest BCUT2D eigenvalue weighted by Gasteiger charge is -2.24. The third kappa shape index (κ3) is 8.89. The van der Waals surface area contributed by atoms with Crippen molar-refractivity contribution in [3.05, 3.63) is 0 Å². The molecule has 0 aromatic carbocycles. The molecule has 0 amide bonds. The van der Waals surface area contributed by atoms with Crippen LogP contribution in [-0.2, 0) is 13.6 Å². The van der Waals surface area contributed by atoms with Crippen molar-refractivity contribution in [2.24, 2.45) is 11.8 Å². The predicted octanol–water partition coefficient (Wildman–Crippen LogP) is 2.18. The zero-order valence-corrected chi connectivity index (χ0v) is 16.2. The maximum absolute atomic E-state index is 11.0. The van der Waals surface area contributed by atoms with Gasteiger partial charge in [-0.1, -0.05) is 27.7 Å². The van der Waals surface area contributed by atoms with Gasteiger partial charge in [0, 0.05) is 6.92 Å². The molecule has 0 fully saturated rings. The van der Waals surface area contributed by atoms with Gasteiger partial charge in [0.2, 0.25) is 5.84 Å². The van der Waals surface area contributed by atoms with Crippen molar-refractivity contribution in [3.8, 4) is 0 Å². The average Bonchev–Trinajstić information content (AvgIpc) is 2.62. The van der Waals surface area contributed by atoms with Gasteiger partial charge in [-0.3, -0.25) is 14.0 Å². The molecule has 1 aliphatic heterocycles. The van der Waals surface area contributed by atoms with E-state index in [4.69, 9.17) is 0 Å². The second-order valence-corrected chi connectivity index (χ2v) is 8.12. The lowest BCUT2D eigenvalue weighted by molar-refractivity contribution is -0.490. The standard InChI is InChI=1S/C8H19O4P.C7H15N2/c1-7(2)5-11-13(9,10)12-6-8(3)4;1-6-5-8(3)7(2)9(6)4/h7-8H,5-6H2,1-4H3,(H,9,10);6H,5H2,1-4H3/q;+1/p-1. The third-order valence-corrected chi connectivity index (χ3v) is 4.32. The number of amidine groups is 1. The van der Waals surface area contributed by atoms with E-state index in [9.17, 15) is 9.46 Å². The highest BCUT2D eigenvalue weighted by Gasteiger charge is 2.27. The SMILES string of the molecule is CC(C)COP(=O)([O-])OCC(C)C.CC1=[N+](C)CC(C)N1C. The van der Waals surface area contributed by atoms with Crippen molar-refractivity contribution < 1.29 is 23.1 Å². The van der Waals surface area contributed by atoms with E-state index in [0.717, 1.165) is 0 Å². The van der Waals surface area contributed by atoms with Gasteiger partial charge in [0.1, 0.15) is 12.6 Å². The van der Waals surface area contributed by atoms with E-state index in [2.05, 4.69) is 46.5 Å². The molecule has 0 saturated heterocycles. The molecule has 1 aliphatic rings. The molecule has 0 bridgehead atoms. The quantitative estimate of drug-likeness (QED) is 0.549. The first-order valence-corrected chi connectivity index (χ1v) is 9.30. The van der Waals surface area contributed by atoms with E-state index in [0.29, 0.717) is 6.04 Å². The summed E-state index contributed by atoms with van der Waals surface area (Å²) in [5.41, 5.74) is 0. The molecular formula is C15H33N2O4P. The molecule has 22 heavy (non-hydrogen) atoms. The summed E-state index contributed by atoms with van der Waals surface area (Å²) >= 11 is 0. The molecule has 132 valence electrons. The first-order chi connectivity index (χ1) is 9.96. The van der Waals surface area contributed by atoms with E-state index >= 15 is 0 Å². The van der Waals surface area contributed by atoms with Gasteiger partial charge in [-0.25, -0.2) is 0 Å². The first kappa shape index (κ1) is 21.6. The zero-order chi connectivity index (χ0) is 17.5. The molecule has 0 aliphatic carbocycles. The van der Waals surface area contributed by atoms with Crippen molar-refractivity contribution in [1.29, 1.82) is 0 Å². The van der Waals surface area contributed by atoms with Gasteiger partial charge in [0.15, 0.2) is 0 Å². The second-order valence-electron chi connectivity index (χ2n) is 6.71. The van der Waals surface area contributed by atoms with Crippen LogP contribution in [0.3, 0.4) is 0 Å². The number of hydrogen-bond acceptors (Lipinski definition) is 5. The molecule has 0 N–H and O–H groups in total. The molecule has 6 nitrogen and oxygen atoms in total. The van der Waals surface area contributed by atoms with Gasteiger partial charge >= 0.3 is 0 Å². The Labute approximate surface area is 135 Å². The summed E-state index contributed by atoms with van der Waals surface area (Å²) in [7, 11) is 0.226.